The molecule has 0 saturated carbocycles. The van der Waals surface area contributed by atoms with Crippen LogP contribution in [0.2, 0.25) is 0 Å². The van der Waals surface area contributed by atoms with Crippen molar-refractivity contribution in [1.82, 2.24) is 29.6 Å². The summed E-state index contributed by atoms with van der Waals surface area (Å²) >= 11 is 0. The first kappa shape index (κ1) is 79.0. The van der Waals surface area contributed by atoms with E-state index in [2.05, 4.69) is 20.5 Å². The molecule has 32 nitrogen and oxygen atoms in total. The van der Waals surface area contributed by atoms with E-state index < -0.39 is 156 Å². The fraction of sp³-hybridized carbons (Fsp3) is 0.591. The standard InChI is InChI=1S/C65H91N16O15P.CN.Co/c1-31-20-41-42(21-32(31)2)81(28-73-41)59-54(89)55(43(94-59)27-93-60(90)80-29-74-75-30-80)96-97(91,92)95-33(3)26-72-51(88)18-19-62(8)39(22-48(69)85)58-65(11)64(10,25-50(71)87)38(14-17-47(68)84)53(79-65)35(5)57-63(9,24-49(70)86)36(12-15-45(66)82)40(76-57)23-44-61(6,7)37(13-16-46(67)83)52(77-44)34(4)56(62)78-58;1-2;/h20-21,23,28-30,33,36-39,43,54-55,58-59,89H,12-19,22,24-27H2,1-11H3,(H15,66,67,68,69,70,71,72,76,77,78,79,82,83,84,85,86,87,88,91,92);;/q;-1;+3/p-2/t33-,36-,37-,38-,39+,43-,54-,55-,58-,59+,62-,63+,64+,65+;;/m1../s1. The molecule has 14 N–H and O–H groups in total. The van der Waals surface area contributed by atoms with Crippen molar-refractivity contribution in [2.45, 2.75) is 189 Å². The summed E-state index contributed by atoms with van der Waals surface area (Å²) in [5.74, 6) is -7.57. The molecule has 542 valence electrons. The maximum Gasteiger partial charge on any atom is 3.00 e. The molecule has 100 heavy (non-hydrogen) atoms. The van der Waals surface area contributed by atoms with Crippen LogP contribution in [0.15, 0.2) is 80.4 Å². The summed E-state index contributed by atoms with van der Waals surface area (Å²) in [6.07, 6.45) is -4.23. The van der Waals surface area contributed by atoms with Gasteiger partial charge in [0.15, 0.2) is 6.23 Å². The molecule has 3 aromatic rings. The van der Waals surface area contributed by atoms with Gasteiger partial charge in [0.1, 0.15) is 37.6 Å². The number of hydrogen-bond acceptors (Lipinski definition) is 22. The first-order valence-corrected chi connectivity index (χ1v) is 34.0. The van der Waals surface area contributed by atoms with Gasteiger partial charge in [0.05, 0.1) is 23.5 Å². The van der Waals surface area contributed by atoms with Gasteiger partial charge in [-0.3, -0.25) is 53.1 Å². The molecule has 8 bridgehead atoms. The van der Waals surface area contributed by atoms with Gasteiger partial charge in [-0.15, -0.1) is 10.2 Å². The summed E-state index contributed by atoms with van der Waals surface area (Å²) in [7, 11) is -5.46. The molecule has 9 rings (SSSR count). The number of aryl methyl sites for hydroxylation is 2. The quantitative estimate of drug-likeness (QED) is 0.0398. The van der Waals surface area contributed by atoms with Crippen LogP contribution in [0.5, 0.6) is 0 Å². The van der Waals surface area contributed by atoms with Gasteiger partial charge in [0, 0.05) is 114 Å². The average molecular weight is 1450 g/mol. The molecule has 2 aromatic heterocycles. The fourth-order valence-electron chi connectivity index (χ4n) is 15.8. The van der Waals surface area contributed by atoms with Gasteiger partial charge in [-0.2, -0.15) is 5.70 Å². The van der Waals surface area contributed by atoms with E-state index in [1.807, 2.05) is 73.6 Å². The van der Waals surface area contributed by atoms with Gasteiger partial charge in [-0.1, -0.05) is 47.1 Å². The molecule has 15 atom stereocenters. The smallest absolute Gasteiger partial charge is 0.756 e. The van der Waals surface area contributed by atoms with Gasteiger partial charge in [-0.25, -0.2) is 14.3 Å². The number of imidazole rings is 1. The van der Waals surface area contributed by atoms with E-state index in [1.165, 1.54) is 17.8 Å². The van der Waals surface area contributed by atoms with Gasteiger partial charge in [0.25, 0.3) is 7.82 Å². The molecule has 6 aliphatic rings. The number of benzene rings is 1. The number of aromatic nitrogens is 5. The number of hydrogen-bond donors (Lipinski definition) is 8. The van der Waals surface area contributed by atoms with E-state index in [-0.39, 0.29) is 87.4 Å². The van der Waals surface area contributed by atoms with E-state index in [4.69, 9.17) is 85.1 Å². The normalized spacial score (nSPS) is 31.6. The molecule has 1 aromatic carbocycles. The van der Waals surface area contributed by atoms with E-state index in [0.29, 0.717) is 56.4 Å². The number of fused-ring (bicyclic) bond motifs is 7. The minimum atomic E-state index is -5.46. The molecule has 0 spiro atoms. The van der Waals surface area contributed by atoms with Gasteiger partial charge >= 0.3 is 22.9 Å². The first-order chi connectivity index (χ1) is 46.3. The zero-order valence-electron chi connectivity index (χ0n) is 57.8. The van der Waals surface area contributed by atoms with Crippen LogP contribution in [0.3, 0.4) is 0 Å². The minimum absolute atomic E-state index is 0. The number of carbonyl (C=O) groups excluding carboxylic acids is 8. The van der Waals surface area contributed by atoms with Crippen LogP contribution >= 0.6 is 7.82 Å². The number of allylic oxidation sites excluding steroid dienone is 6. The number of phosphoric acid groups is 1. The number of nitrogens with one attached hydrogen (secondary N) is 1. The summed E-state index contributed by atoms with van der Waals surface area (Å²) in [6, 6.07) is 2.59. The Morgan fingerprint density at radius 2 is 1.37 bits per heavy atom. The molecule has 0 aliphatic carbocycles. The number of phosphoric ester groups is 1. The Bertz CT molecular complexity index is 4010. The number of nitrogens with zero attached hydrogens (tertiary/aromatic N) is 10. The van der Waals surface area contributed by atoms with Crippen LogP contribution in [0, 0.1) is 71.0 Å². The molecule has 34 heteroatoms. The first-order valence-electron chi connectivity index (χ1n) is 32.6. The third-order valence-electron chi connectivity index (χ3n) is 21.3. The Balaban J connectivity index is 0.00000464. The molecular weight excluding hydrogens is 1360 g/mol. The second kappa shape index (κ2) is 30.5. The van der Waals surface area contributed by atoms with Crippen LogP contribution in [0.25, 0.3) is 16.4 Å². The number of aliphatic hydroxyl groups is 1. The molecule has 2 fully saturated rings. The largest absolute Gasteiger partial charge is 3.00 e. The summed E-state index contributed by atoms with van der Waals surface area (Å²) in [5.41, 5.74) is 36.4. The van der Waals surface area contributed by atoms with E-state index in [1.54, 1.807) is 13.8 Å². The van der Waals surface area contributed by atoms with Crippen LogP contribution in [0.1, 0.15) is 150 Å². The molecule has 0 radical (unpaired) electrons. The van der Waals surface area contributed by atoms with Crippen molar-refractivity contribution in [1.29, 1.82) is 5.26 Å². The van der Waals surface area contributed by atoms with Gasteiger partial charge in [-0.05, 0) is 118 Å². The van der Waals surface area contributed by atoms with Crippen molar-refractivity contribution in [2.24, 2.45) is 94.7 Å². The Morgan fingerprint density at radius 1 is 0.780 bits per heavy atom. The minimum Gasteiger partial charge on any atom is -0.756 e. The number of rotatable bonds is 27. The Labute approximate surface area is 589 Å². The Morgan fingerprint density at radius 3 is 1.96 bits per heavy atom. The van der Waals surface area contributed by atoms with Crippen molar-refractivity contribution in [2.75, 3.05) is 13.2 Å². The van der Waals surface area contributed by atoms with Crippen molar-refractivity contribution >= 4 is 83.4 Å². The van der Waals surface area contributed by atoms with E-state index in [0.717, 1.165) is 28.3 Å². The van der Waals surface area contributed by atoms with Crippen LogP contribution in [-0.4, -0.2) is 143 Å². The summed E-state index contributed by atoms with van der Waals surface area (Å²) in [4.78, 5) is 142. The predicted octanol–water partition coefficient (Wildman–Crippen LogP) is 3.69. The molecule has 1 unspecified atom stereocenters. The number of aliphatic imine (C=N–C) groups is 3. The molecule has 7 amide bonds. The number of amides is 7. The van der Waals surface area contributed by atoms with Crippen molar-refractivity contribution in [3.8, 4) is 0 Å². The van der Waals surface area contributed by atoms with Crippen LogP contribution in [0.4, 0.5) is 4.79 Å². The summed E-state index contributed by atoms with van der Waals surface area (Å²) < 4.78 is 39.1. The maximum absolute atomic E-state index is 14.5. The van der Waals surface area contributed by atoms with Crippen molar-refractivity contribution < 1.29 is 88.2 Å². The van der Waals surface area contributed by atoms with Gasteiger partial charge in [0.2, 0.25) is 41.4 Å². The maximum atomic E-state index is 14.5. The topological polar surface area (TPSA) is 525 Å². The summed E-state index contributed by atoms with van der Waals surface area (Å²) in [5, 5.41) is 33.7. The SMILES string of the molecule is C/C1=C2N=C(/C=C3N=C(/C(C)=C4\[N-][C@@](C)([C@@H]5N=C1[C@](C)(CCC(=O)NC[C@@H](C)OP(=O)([O-])O[C@H]1[C@@H](O)[C@@H](n6cnc7cc(C)c(C)cc76)O[C@@H]1COC(=O)n1cnnc1)[C@H]5CC(N)=O)[C@@](C)(CC(N)=O)[C@@H]4CCC(N)=O)[C@@](C)(CC(N)=O)[C@@H]\3CCC(N)=O)C(C)(C)[C@@H]/2CCC(N)=O.[C-]#N.[Co+3]. The van der Waals surface area contributed by atoms with Gasteiger partial charge < -0.3 is 90.0 Å². The molecule has 6 aliphatic heterocycles. The van der Waals surface area contributed by atoms with E-state index in [9.17, 15) is 52.9 Å². The number of nitrogens with two attached hydrogens (primary N) is 6. The third-order valence-corrected chi connectivity index (χ3v) is 22.4. The summed E-state index contributed by atoms with van der Waals surface area (Å²) in [6.45, 7) is 23.7. The fourth-order valence-corrected chi connectivity index (χ4v) is 17.0. The number of ether oxygens (including phenoxy) is 2. The zero-order valence-corrected chi connectivity index (χ0v) is 59.7. The van der Waals surface area contributed by atoms with Crippen molar-refractivity contribution in [3.63, 3.8) is 0 Å². The Hall–Kier alpha value is -8.35. The van der Waals surface area contributed by atoms with Crippen LogP contribution < -0.4 is 44.6 Å². The third kappa shape index (κ3) is 15.6. The zero-order chi connectivity index (χ0) is 73.4. The molecule has 2 saturated heterocycles. The van der Waals surface area contributed by atoms with E-state index >= 15 is 0 Å². The number of aliphatic hydroxyl groups excluding tert-OH is 1. The molecular formula is C66H89CoN17O15P. The molecule has 8 heterocycles. The second-order valence-corrected chi connectivity index (χ2v) is 29.6. The second-order valence-electron chi connectivity index (χ2n) is 28.3. The predicted molar refractivity (Wildman–Crippen MR) is 356 cm³/mol. The van der Waals surface area contributed by atoms with Crippen molar-refractivity contribution in [3.05, 3.63) is 88.4 Å². The number of carbonyl (C=O) groups is 8. The monoisotopic (exact) mass is 1450 g/mol. The average Bonchev–Trinajstić information content (AvgIpc) is 1.53. The van der Waals surface area contributed by atoms with Crippen LogP contribution in [-0.2, 0) is 73.4 Å². The Kier molecular flexibility index (Phi) is 24.1. The number of primary amides is 6.